The molecule has 2 N–H and O–H groups in total. The van der Waals surface area contributed by atoms with E-state index in [0.29, 0.717) is 55.2 Å². The number of benzene rings is 1. The Morgan fingerprint density at radius 2 is 1.79 bits per heavy atom. The molecule has 2 aromatic heterocycles. The van der Waals surface area contributed by atoms with E-state index in [1.54, 1.807) is 17.3 Å². The van der Waals surface area contributed by atoms with E-state index in [0.717, 1.165) is 18.7 Å². The smallest absolute Gasteiger partial charge is 0.259 e. The average molecular weight is 534 g/mol. The van der Waals surface area contributed by atoms with Gasteiger partial charge in [-0.3, -0.25) is 9.78 Å². The summed E-state index contributed by atoms with van der Waals surface area (Å²) in [7, 11) is 2.05. The number of hydrogen-bond acceptors (Lipinski definition) is 8. The van der Waals surface area contributed by atoms with Crippen LogP contribution in [-0.2, 0) is 16.0 Å². The summed E-state index contributed by atoms with van der Waals surface area (Å²) in [6, 6.07) is 10.1. The number of amides is 1. The first-order chi connectivity index (χ1) is 18.5. The van der Waals surface area contributed by atoms with Crippen molar-refractivity contribution in [3.63, 3.8) is 0 Å². The average Bonchev–Trinajstić information content (AvgIpc) is 3.43. The summed E-state index contributed by atoms with van der Waals surface area (Å²) in [5.41, 5.74) is 0.278. The van der Waals surface area contributed by atoms with Gasteiger partial charge in [0.2, 0.25) is 11.7 Å². The van der Waals surface area contributed by atoms with Gasteiger partial charge in [-0.25, -0.2) is 0 Å². The molecular formula is C30H39N5O4. The van der Waals surface area contributed by atoms with Crippen LogP contribution in [0.2, 0.25) is 0 Å². The van der Waals surface area contributed by atoms with Crippen molar-refractivity contribution in [3.05, 3.63) is 65.3 Å². The van der Waals surface area contributed by atoms with Crippen LogP contribution in [0.4, 0.5) is 0 Å². The molecule has 1 atom stereocenters. The number of likely N-dealkylation sites (tertiary alicyclic amines) is 2. The van der Waals surface area contributed by atoms with E-state index in [9.17, 15) is 15.0 Å². The normalized spacial score (nSPS) is 20.5. The lowest BCUT2D eigenvalue weighted by Crippen LogP contribution is -2.63. The number of carbonyl (C=O) groups is 1. The Morgan fingerprint density at radius 3 is 2.38 bits per heavy atom. The van der Waals surface area contributed by atoms with Crippen LogP contribution in [0.15, 0.2) is 47.2 Å². The van der Waals surface area contributed by atoms with E-state index < -0.39 is 16.6 Å². The van der Waals surface area contributed by atoms with Crippen LogP contribution in [0.3, 0.4) is 0 Å². The van der Waals surface area contributed by atoms with Crippen LogP contribution in [0, 0.1) is 5.41 Å². The molecule has 0 radical (unpaired) electrons. The van der Waals surface area contributed by atoms with Gasteiger partial charge < -0.3 is 24.5 Å². The maximum absolute atomic E-state index is 12.5. The monoisotopic (exact) mass is 533 g/mol. The number of rotatable bonds is 7. The predicted molar refractivity (Wildman–Crippen MR) is 147 cm³/mol. The molecule has 0 bridgehead atoms. The molecule has 1 amide bonds. The predicted octanol–water partition coefficient (Wildman–Crippen LogP) is 3.66. The first-order valence-electron chi connectivity index (χ1n) is 13.8. The number of aliphatic hydroxyl groups is 2. The molecule has 5 rings (SSSR count). The second-order valence-corrected chi connectivity index (χ2v) is 11.9. The van der Waals surface area contributed by atoms with E-state index in [1.807, 2.05) is 32.2 Å². The van der Waals surface area contributed by atoms with Gasteiger partial charge in [-0.15, -0.1) is 0 Å². The Kier molecular flexibility index (Phi) is 7.11. The third-order valence-electron chi connectivity index (χ3n) is 8.59. The lowest BCUT2D eigenvalue weighted by atomic mass is 9.62. The van der Waals surface area contributed by atoms with Gasteiger partial charge in [0.25, 0.3) is 5.89 Å². The van der Waals surface area contributed by atoms with Crippen LogP contribution in [-0.4, -0.2) is 74.3 Å². The van der Waals surface area contributed by atoms with Gasteiger partial charge in [-0.05, 0) is 30.2 Å². The zero-order valence-electron chi connectivity index (χ0n) is 23.5. The molecule has 9 nitrogen and oxygen atoms in total. The first-order valence-corrected chi connectivity index (χ1v) is 13.8. The van der Waals surface area contributed by atoms with Gasteiger partial charge in [0.05, 0.1) is 0 Å². The summed E-state index contributed by atoms with van der Waals surface area (Å²) in [6.07, 6.45) is 4.45. The first kappa shape index (κ1) is 27.4. The molecule has 39 heavy (non-hydrogen) atoms. The van der Waals surface area contributed by atoms with E-state index >= 15 is 0 Å². The van der Waals surface area contributed by atoms with Gasteiger partial charge in [0.1, 0.15) is 11.2 Å². The highest BCUT2D eigenvalue weighted by Crippen LogP contribution is 2.50. The van der Waals surface area contributed by atoms with Gasteiger partial charge in [0, 0.05) is 74.4 Å². The van der Waals surface area contributed by atoms with Crippen LogP contribution in [0.1, 0.15) is 75.5 Å². The fourth-order valence-corrected chi connectivity index (χ4v) is 6.20. The number of hydrogen-bond donors (Lipinski definition) is 2. The van der Waals surface area contributed by atoms with Crippen molar-refractivity contribution in [2.45, 2.75) is 64.1 Å². The van der Waals surface area contributed by atoms with Crippen LogP contribution < -0.4 is 0 Å². The molecule has 0 spiro atoms. The zero-order valence-corrected chi connectivity index (χ0v) is 23.5. The minimum atomic E-state index is -1.29. The van der Waals surface area contributed by atoms with Crippen LogP contribution in [0.25, 0.3) is 11.4 Å². The van der Waals surface area contributed by atoms with Gasteiger partial charge >= 0.3 is 0 Å². The van der Waals surface area contributed by atoms with Gasteiger partial charge in [0.15, 0.2) is 0 Å². The fraction of sp³-hybridized carbons (Fsp3) is 0.533. The molecule has 2 aliphatic heterocycles. The number of nitrogens with zero attached hydrogens (tertiary/aromatic N) is 5. The highest BCUT2D eigenvalue weighted by atomic mass is 16.5. The number of pyridine rings is 1. The Hall–Kier alpha value is -3.14. The Morgan fingerprint density at radius 1 is 1.13 bits per heavy atom. The maximum atomic E-state index is 12.5. The minimum absolute atomic E-state index is 0.0730. The summed E-state index contributed by atoms with van der Waals surface area (Å²) in [5, 5.41) is 27.9. The molecule has 208 valence electrons. The second kappa shape index (κ2) is 10.1. The zero-order chi connectivity index (χ0) is 28.0. The molecule has 1 aromatic carbocycles. The largest absolute Gasteiger partial charge is 0.380 e. The molecule has 3 aromatic rings. The van der Waals surface area contributed by atoms with Crippen molar-refractivity contribution < 1.29 is 19.5 Å². The fourth-order valence-electron chi connectivity index (χ4n) is 6.20. The molecule has 2 aliphatic rings. The van der Waals surface area contributed by atoms with Gasteiger partial charge in [-0.1, -0.05) is 57.1 Å². The Labute approximate surface area is 229 Å². The maximum Gasteiger partial charge on any atom is 0.259 e. The molecule has 4 heterocycles. The van der Waals surface area contributed by atoms with Crippen molar-refractivity contribution in [1.82, 2.24) is 24.9 Å². The lowest BCUT2D eigenvalue weighted by Gasteiger charge is -2.55. The molecule has 2 saturated heterocycles. The second-order valence-electron chi connectivity index (χ2n) is 11.9. The van der Waals surface area contributed by atoms with Gasteiger partial charge in [-0.2, -0.15) is 4.98 Å². The summed E-state index contributed by atoms with van der Waals surface area (Å²) < 4.78 is 5.53. The van der Waals surface area contributed by atoms with Crippen molar-refractivity contribution in [3.8, 4) is 11.4 Å². The number of aromatic nitrogens is 3. The van der Waals surface area contributed by atoms with Crippen molar-refractivity contribution in [2.75, 3.05) is 33.2 Å². The molecule has 2 fully saturated rings. The summed E-state index contributed by atoms with van der Waals surface area (Å²) >= 11 is 0. The summed E-state index contributed by atoms with van der Waals surface area (Å²) in [6.45, 7) is 10.6. The summed E-state index contributed by atoms with van der Waals surface area (Å²) in [4.78, 5) is 25.0. The van der Waals surface area contributed by atoms with Crippen LogP contribution >= 0.6 is 0 Å². The Bertz CT molecular complexity index is 1320. The van der Waals surface area contributed by atoms with Crippen molar-refractivity contribution in [2.24, 2.45) is 5.41 Å². The van der Waals surface area contributed by atoms with Crippen LogP contribution in [0.5, 0.6) is 0 Å². The SMILES string of the molecule is CCC(=O)N1CCC(O)(c2nc(-c3cncc(C(O)(c4ccc(C(C)C)cc4)C4(C)CN(C)C4)c3)no2)CC1. The van der Waals surface area contributed by atoms with E-state index in [-0.39, 0.29) is 11.8 Å². The number of carbonyl (C=O) groups excluding carboxylic acids is 1. The highest BCUT2D eigenvalue weighted by molar-refractivity contribution is 5.75. The standard InChI is InChI=1S/C30H39N5O4/c1-6-25(36)35-13-11-29(37,12-14-35)27-32-26(33-39-27)22-15-24(17-31-16-22)30(38,28(4)18-34(5)19-28)23-9-7-21(8-10-23)20(2)3/h7-10,15-17,20,37-38H,6,11-14,18-19H2,1-5H3. The minimum Gasteiger partial charge on any atom is -0.380 e. The molecule has 9 heteroatoms. The molecule has 0 aliphatic carbocycles. The quantitative estimate of drug-likeness (QED) is 0.473. The van der Waals surface area contributed by atoms with E-state index in [2.05, 4.69) is 52.9 Å². The topological polar surface area (TPSA) is 116 Å². The molecular weight excluding hydrogens is 494 g/mol. The van der Waals surface area contributed by atoms with E-state index in [4.69, 9.17) is 4.52 Å². The van der Waals surface area contributed by atoms with Crippen molar-refractivity contribution in [1.29, 1.82) is 0 Å². The number of piperidine rings is 1. The third kappa shape index (κ3) is 4.77. The highest BCUT2D eigenvalue weighted by Gasteiger charge is 2.55. The Balaban J connectivity index is 1.46. The summed E-state index contributed by atoms with van der Waals surface area (Å²) in [5.74, 6) is 0.903. The third-order valence-corrected chi connectivity index (χ3v) is 8.59. The molecule has 0 saturated carbocycles. The molecule has 1 unspecified atom stereocenters. The van der Waals surface area contributed by atoms with E-state index in [1.165, 1.54) is 5.56 Å². The van der Waals surface area contributed by atoms with Crippen molar-refractivity contribution >= 4 is 5.91 Å². The lowest BCUT2D eigenvalue weighted by molar-refractivity contribution is -0.136.